The van der Waals surface area contributed by atoms with Gasteiger partial charge in [-0.1, -0.05) is 0 Å². The van der Waals surface area contributed by atoms with E-state index in [1.54, 1.807) is 45.2 Å². The molecule has 0 aliphatic carbocycles. The largest absolute Gasteiger partial charge is 0.493 e. The van der Waals surface area contributed by atoms with Gasteiger partial charge in [0.2, 0.25) is 21.7 Å². The highest BCUT2D eigenvalue weighted by molar-refractivity contribution is 7.89. The van der Waals surface area contributed by atoms with Gasteiger partial charge < -0.3 is 19.1 Å². The summed E-state index contributed by atoms with van der Waals surface area (Å²) in [5.41, 5.74) is 0.833. The van der Waals surface area contributed by atoms with Gasteiger partial charge in [-0.05, 0) is 37.5 Å². The molecule has 1 amide bonds. The van der Waals surface area contributed by atoms with E-state index in [1.165, 1.54) is 11.4 Å². The second-order valence-electron chi connectivity index (χ2n) is 6.83. The van der Waals surface area contributed by atoms with Crippen LogP contribution in [0.15, 0.2) is 12.1 Å². The number of sulfonamides is 1. The first kappa shape index (κ1) is 22.3. The third-order valence-electron chi connectivity index (χ3n) is 5.01. The number of methoxy groups -OCH3 is 3. The van der Waals surface area contributed by atoms with Crippen molar-refractivity contribution in [1.29, 1.82) is 0 Å². The van der Waals surface area contributed by atoms with Crippen LogP contribution in [-0.2, 0) is 21.4 Å². The number of carbonyl (C=O) groups excluding carboxylic acids is 1. The number of rotatable bonds is 8. The van der Waals surface area contributed by atoms with E-state index in [-0.39, 0.29) is 24.1 Å². The van der Waals surface area contributed by atoms with E-state index >= 15 is 0 Å². The average Bonchev–Trinajstić information content (AvgIpc) is 2.72. The summed E-state index contributed by atoms with van der Waals surface area (Å²) in [7, 11) is 3.06. The molecule has 1 atom stereocenters. The van der Waals surface area contributed by atoms with Crippen molar-refractivity contribution in [2.24, 2.45) is 5.92 Å². The highest BCUT2D eigenvalue weighted by Crippen LogP contribution is 2.38. The van der Waals surface area contributed by atoms with Crippen LogP contribution in [0.1, 0.15) is 25.3 Å². The Hall–Kier alpha value is -2.00. The first-order chi connectivity index (χ1) is 13.3. The number of ether oxygens (including phenoxy) is 3. The molecule has 0 saturated carbocycles. The van der Waals surface area contributed by atoms with Crippen molar-refractivity contribution in [2.45, 2.75) is 26.3 Å². The number of hydrogen-bond donors (Lipinski definition) is 0. The summed E-state index contributed by atoms with van der Waals surface area (Å²) in [6.07, 6.45) is 1.38. The first-order valence-corrected chi connectivity index (χ1v) is 10.9. The molecular weight excluding hydrogens is 384 g/mol. The molecule has 1 aliphatic heterocycles. The van der Waals surface area contributed by atoms with E-state index < -0.39 is 10.0 Å². The summed E-state index contributed by atoms with van der Waals surface area (Å²) in [6.45, 7) is 2.70. The van der Waals surface area contributed by atoms with Crippen LogP contribution < -0.4 is 14.2 Å². The molecule has 0 unspecified atom stereocenters. The van der Waals surface area contributed by atoms with E-state index in [4.69, 9.17) is 14.2 Å². The maximum Gasteiger partial charge on any atom is 0.227 e. The SMILES string of the molecule is CCS(=O)(=O)N1CCC[C@H](C(=O)N(C)Cc2cc(OC)c(OC)c(OC)c2)C1. The zero-order valence-corrected chi connectivity index (χ0v) is 18.0. The van der Waals surface area contributed by atoms with Crippen molar-refractivity contribution in [1.82, 2.24) is 9.21 Å². The molecule has 0 N–H and O–H groups in total. The molecule has 0 spiro atoms. The number of nitrogens with zero attached hydrogens (tertiary/aromatic N) is 2. The highest BCUT2D eigenvalue weighted by atomic mass is 32.2. The third-order valence-corrected chi connectivity index (χ3v) is 6.86. The Balaban J connectivity index is 2.14. The van der Waals surface area contributed by atoms with Crippen LogP contribution in [0.25, 0.3) is 0 Å². The van der Waals surface area contributed by atoms with Crippen LogP contribution in [0.5, 0.6) is 17.2 Å². The number of carbonyl (C=O) groups is 1. The van der Waals surface area contributed by atoms with Gasteiger partial charge in [-0.15, -0.1) is 0 Å². The number of benzene rings is 1. The lowest BCUT2D eigenvalue weighted by atomic mass is 9.98. The predicted molar refractivity (Wildman–Crippen MR) is 106 cm³/mol. The third kappa shape index (κ3) is 4.88. The average molecular weight is 415 g/mol. The van der Waals surface area contributed by atoms with Gasteiger partial charge in [0, 0.05) is 26.7 Å². The Kier molecular flexibility index (Phi) is 7.54. The Labute approximate surface area is 167 Å². The zero-order valence-electron chi connectivity index (χ0n) is 17.2. The summed E-state index contributed by atoms with van der Waals surface area (Å²) >= 11 is 0. The van der Waals surface area contributed by atoms with Crippen molar-refractivity contribution >= 4 is 15.9 Å². The molecule has 1 aliphatic rings. The van der Waals surface area contributed by atoms with E-state index in [1.807, 2.05) is 0 Å². The van der Waals surface area contributed by atoms with Crippen molar-refractivity contribution in [3.63, 3.8) is 0 Å². The van der Waals surface area contributed by atoms with E-state index in [9.17, 15) is 13.2 Å². The van der Waals surface area contributed by atoms with Gasteiger partial charge in [0.25, 0.3) is 0 Å². The normalized spacial score (nSPS) is 17.8. The summed E-state index contributed by atoms with van der Waals surface area (Å²) in [6, 6.07) is 3.61. The minimum Gasteiger partial charge on any atom is -0.493 e. The van der Waals surface area contributed by atoms with Crippen LogP contribution in [0, 0.1) is 5.92 Å². The molecule has 1 aromatic rings. The second-order valence-corrected chi connectivity index (χ2v) is 9.08. The quantitative estimate of drug-likeness (QED) is 0.644. The lowest BCUT2D eigenvalue weighted by molar-refractivity contribution is -0.135. The molecule has 8 nitrogen and oxygen atoms in total. The fourth-order valence-electron chi connectivity index (χ4n) is 3.47. The zero-order chi connectivity index (χ0) is 20.9. The Morgan fingerprint density at radius 1 is 1.18 bits per heavy atom. The standard InChI is InChI=1S/C19H30N2O6S/c1-6-28(23,24)21-9-7-8-15(13-21)19(22)20(2)12-14-10-16(25-3)18(27-5)17(11-14)26-4/h10-11,15H,6-9,12-13H2,1-5H3/t15-/m0/s1. The molecular formula is C19H30N2O6S. The fourth-order valence-corrected chi connectivity index (χ4v) is 4.65. The van der Waals surface area contributed by atoms with Crippen LogP contribution in [0.3, 0.4) is 0 Å². The van der Waals surface area contributed by atoms with Crippen molar-refractivity contribution in [3.8, 4) is 17.2 Å². The molecule has 0 aromatic heterocycles. The molecule has 1 saturated heterocycles. The van der Waals surface area contributed by atoms with Gasteiger partial charge in [0.1, 0.15) is 0 Å². The summed E-state index contributed by atoms with van der Waals surface area (Å²) in [4.78, 5) is 14.5. The molecule has 158 valence electrons. The van der Waals surface area contributed by atoms with Crippen LogP contribution in [0.2, 0.25) is 0 Å². The maximum atomic E-state index is 12.9. The van der Waals surface area contributed by atoms with E-state index in [0.29, 0.717) is 43.2 Å². The number of piperidine rings is 1. The molecule has 9 heteroatoms. The molecule has 0 radical (unpaired) electrons. The van der Waals surface area contributed by atoms with Gasteiger partial charge in [0.05, 0.1) is 33.0 Å². The minimum absolute atomic E-state index is 0.0508. The lowest BCUT2D eigenvalue weighted by Gasteiger charge is -2.33. The van der Waals surface area contributed by atoms with Gasteiger partial charge >= 0.3 is 0 Å². The second kappa shape index (κ2) is 9.47. The minimum atomic E-state index is -3.28. The van der Waals surface area contributed by atoms with Crippen molar-refractivity contribution < 1.29 is 27.4 Å². The van der Waals surface area contributed by atoms with Crippen molar-refractivity contribution in [3.05, 3.63) is 17.7 Å². The molecule has 0 bridgehead atoms. The summed E-state index contributed by atoms with van der Waals surface area (Å²) in [5, 5.41) is 0. The van der Waals surface area contributed by atoms with Crippen LogP contribution in [0.4, 0.5) is 0 Å². The lowest BCUT2D eigenvalue weighted by Crippen LogP contribution is -2.46. The topological polar surface area (TPSA) is 85.4 Å². The summed E-state index contributed by atoms with van der Waals surface area (Å²) < 4.78 is 41.8. The predicted octanol–water partition coefficient (Wildman–Crippen LogP) is 1.73. The fraction of sp³-hybridized carbons (Fsp3) is 0.632. The molecule has 2 rings (SSSR count). The highest BCUT2D eigenvalue weighted by Gasteiger charge is 2.32. The smallest absolute Gasteiger partial charge is 0.227 e. The van der Waals surface area contributed by atoms with Crippen LogP contribution in [-0.4, -0.2) is 70.7 Å². The van der Waals surface area contributed by atoms with Gasteiger partial charge in [0.15, 0.2) is 11.5 Å². The van der Waals surface area contributed by atoms with E-state index in [0.717, 1.165) is 5.56 Å². The molecule has 1 heterocycles. The monoisotopic (exact) mass is 414 g/mol. The van der Waals surface area contributed by atoms with Gasteiger partial charge in [-0.25, -0.2) is 12.7 Å². The number of amides is 1. The molecule has 28 heavy (non-hydrogen) atoms. The number of hydrogen-bond acceptors (Lipinski definition) is 6. The van der Waals surface area contributed by atoms with Crippen molar-refractivity contribution in [2.75, 3.05) is 47.2 Å². The first-order valence-electron chi connectivity index (χ1n) is 9.29. The summed E-state index contributed by atoms with van der Waals surface area (Å²) in [5.74, 6) is 1.20. The molecule has 1 aromatic carbocycles. The Morgan fingerprint density at radius 2 is 1.79 bits per heavy atom. The van der Waals surface area contributed by atoms with Crippen LogP contribution >= 0.6 is 0 Å². The molecule has 1 fully saturated rings. The van der Waals surface area contributed by atoms with E-state index in [2.05, 4.69) is 0 Å². The van der Waals surface area contributed by atoms with Gasteiger partial charge in [-0.3, -0.25) is 4.79 Å². The Morgan fingerprint density at radius 3 is 2.29 bits per heavy atom. The maximum absolute atomic E-state index is 12.9. The van der Waals surface area contributed by atoms with Gasteiger partial charge in [-0.2, -0.15) is 0 Å². The Bertz CT molecular complexity index is 771.